The molecule has 2 aromatic rings. The van der Waals surface area contributed by atoms with Crippen LogP contribution < -0.4 is 19.9 Å². The Kier molecular flexibility index (Phi) is 4.97. The zero-order valence-corrected chi connectivity index (χ0v) is 14.5. The molecular formula is C19H19NO6. The standard InChI is InChI=1S/C19H19NO6/c1-3-11-8-13(19(22)23-2)5-6-14(11)26-17(18(20)21)12-4-7-15-16(9-12)25-10-24-15/h4-9,17H,3,10H2,1-2H3,(H2,20,21)/t17-/m1/s1. The van der Waals surface area contributed by atoms with E-state index in [4.69, 9.17) is 24.7 Å². The number of methoxy groups -OCH3 is 1. The van der Waals surface area contributed by atoms with E-state index in [0.29, 0.717) is 34.8 Å². The van der Waals surface area contributed by atoms with Crippen LogP contribution in [0, 0.1) is 0 Å². The Morgan fingerprint density at radius 2 is 1.92 bits per heavy atom. The van der Waals surface area contributed by atoms with E-state index < -0.39 is 18.0 Å². The van der Waals surface area contributed by atoms with Crippen LogP contribution in [0.2, 0.25) is 0 Å². The van der Waals surface area contributed by atoms with Crippen molar-refractivity contribution in [3.8, 4) is 17.2 Å². The molecule has 136 valence electrons. The molecule has 0 unspecified atom stereocenters. The number of primary amides is 1. The summed E-state index contributed by atoms with van der Waals surface area (Å²) in [5.41, 5.74) is 7.28. The van der Waals surface area contributed by atoms with E-state index in [9.17, 15) is 9.59 Å². The Balaban J connectivity index is 1.91. The van der Waals surface area contributed by atoms with Gasteiger partial charge in [0.05, 0.1) is 12.7 Å². The topological polar surface area (TPSA) is 97.1 Å². The van der Waals surface area contributed by atoms with Gasteiger partial charge in [-0.1, -0.05) is 13.0 Å². The zero-order chi connectivity index (χ0) is 18.7. The van der Waals surface area contributed by atoms with Crippen LogP contribution in [0.25, 0.3) is 0 Å². The smallest absolute Gasteiger partial charge is 0.337 e. The minimum Gasteiger partial charge on any atom is -0.476 e. The van der Waals surface area contributed by atoms with E-state index in [2.05, 4.69) is 0 Å². The molecule has 0 spiro atoms. The van der Waals surface area contributed by atoms with Crippen LogP contribution in [0.5, 0.6) is 17.2 Å². The number of fused-ring (bicyclic) bond motifs is 1. The molecule has 7 nitrogen and oxygen atoms in total. The number of aryl methyl sites for hydroxylation is 1. The Bertz CT molecular complexity index is 848. The van der Waals surface area contributed by atoms with Crippen molar-refractivity contribution in [2.45, 2.75) is 19.4 Å². The van der Waals surface area contributed by atoms with Crippen LogP contribution in [0.15, 0.2) is 36.4 Å². The van der Waals surface area contributed by atoms with E-state index in [-0.39, 0.29) is 6.79 Å². The summed E-state index contributed by atoms with van der Waals surface area (Å²) in [7, 11) is 1.32. The van der Waals surface area contributed by atoms with Gasteiger partial charge in [0.15, 0.2) is 11.5 Å². The second kappa shape index (κ2) is 7.35. The molecule has 0 bridgehead atoms. The number of esters is 1. The van der Waals surface area contributed by atoms with Crippen LogP contribution in [-0.4, -0.2) is 25.8 Å². The van der Waals surface area contributed by atoms with Gasteiger partial charge in [0.2, 0.25) is 12.9 Å². The van der Waals surface area contributed by atoms with Crippen LogP contribution in [0.1, 0.15) is 34.5 Å². The lowest BCUT2D eigenvalue weighted by Crippen LogP contribution is -2.26. The van der Waals surface area contributed by atoms with E-state index in [1.807, 2.05) is 6.92 Å². The van der Waals surface area contributed by atoms with Gasteiger partial charge in [0.25, 0.3) is 5.91 Å². The van der Waals surface area contributed by atoms with Crippen molar-refractivity contribution in [1.82, 2.24) is 0 Å². The molecule has 7 heteroatoms. The van der Waals surface area contributed by atoms with E-state index in [1.165, 1.54) is 7.11 Å². The van der Waals surface area contributed by atoms with Crippen molar-refractivity contribution in [1.29, 1.82) is 0 Å². The van der Waals surface area contributed by atoms with E-state index >= 15 is 0 Å². The first kappa shape index (κ1) is 17.6. The molecule has 0 fully saturated rings. The molecule has 2 aromatic carbocycles. The molecule has 2 N–H and O–H groups in total. The van der Waals surface area contributed by atoms with Crippen molar-refractivity contribution in [3.05, 3.63) is 53.1 Å². The number of hydrogen-bond donors (Lipinski definition) is 1. The fraction of sp³-hybridized carbons (Fsp3) is 0.263. The van der Waals surface area contributed by atoms with Gasteiger partial charge >= 0.3 is 5.97 Å². The summed E-state index contributed by atoms with van der Waals surface area (Å²) in [5, 5.41) is 0. The monoisotopic (exact) mass is 357 g/mol. The molecule has 1 atom stereocenters. The maximum absolute atomic E-state index is 12.0. The van der Waals surface area contributed by atoms with Gasteiger partial charge in [-0.3, -0.25) is 4.79 Å². The van der Waals surface area contributed by atoms with Gasteiger partial charge in [-0.15, -0.1) is 0 Å². The molecule has 0 saturated carbocycles. The largest absolute Gasteiger partial charge is 0.476 e. The Morgan fingerprint density at radius 3 is 2.62 bits per heavy atom. The highest BCUT2D eigenvalue weighted by Crippen LogP contribution is 2.36. The average Bonchev–Trinajstić information content (AvgIpc) is 3.12. The number of carbonyl (C=O) groups is 2. The highest BCUT2D eigenvalue weighted by molar-refractivity contribution is 5.89. The quantitative estimate of drug-likeness (QED) is 0.797. The number of amides is 1. The summed E-state index contributed by atoms with van der Waals surface area (Å²) >= 11 is 0. The SMILES string of the molecule is CCc1cc(C(=O)OC)ccc1O[C@@H](C(N)=O)c1ccc2c(c1)OCO2. The Labute approximate surface area is 150 Å². The third kappa shape index (κ3) is 3.42. The molecule has 0 aromatic heterocycles. The summed E-state index contributed by atoms with van der Waals surface area (Å²) in [6, 6.07) is 9.98. The molecule has 1 aliphatic rings. The summed E-state index contributed by atoms with van der Waals surface area (Å²) in [6.45, 7) is 2.05. The van der Waals surface area contributed by atoms with Crippen LogP contribution in [-0.2, 0) is 16.0 Å². The molecule has 1 amide bonds. The lowest BCUT2D eigenvalue weighted by atomic mass is 10.1. The second-order valence-corrected chi connectivity index (χ2v) is 5.68. The number of benzene rings is 2. The van der Waals surface area contributed by atoms with E-state index in [1.54, 1.807) is 36.4 Å². The molecule has 1 aliphatic heterocycles. The Morgan fingerprint density at radius 1 is 1.15 bits per heavy atom. The Hall–Kier alpha value is -3.22. The third-order valence-electron chi connectivity index (χ3n) is 4.07. The molecular weight excluding hydrogens is 338 g/mol. The maximum atomic E-state index is 12.0. The van der Waals surface area contributed by atoms with Crippen molar-refractivity contribution >= 4 is 11.9 Å². The predicted octanol–water partition coefficient (Wildman–Crippen LogP) is 2.37. The van der Waals surface area contributed by atoms with Crippen molar-refractivity contribution in [3.63, 3.8) is 0 Å². The van der Waals surface area contributed by atoms with Crippen LogP contribution >= 0.6 is 0 Å². The van der Waals surface area contributed by atoms with Gasteiger partial charge in [-0.2, -0.15) is 0 Å². The normalized spacial score (nSPS) is 13.2. The molecule has 3 rings (SSSR count). The second-order valence-electron chi connectivity index (χ2n) is 5.68. The number of ether oxygens (including phenoxy) is 4. The predicted molar refractivity (Wildman–Crippen MR) is 92.3 cm³/mol. The molecule has 0 saturated heterocycles. The lowest BCUT2D eigenvalue weighted by Gasteiger charge is -2.19. The van der Waals surface area contributed by atoms with Gasteiger partial charge in [0, 0.05) is 5.56 Å². The van der Waals surface area contributed by atoms with Gasteiger partial charge < -0.3 is 24.7 Å². The summed E-state index contributed by atoms with van der Waals surface area (Å²) in [5.74, 6) is 0.542. The summed E-state index contributed by atoms with van der Waals surface area (Å²) in [6.07, 6.45) is -0.397. The van der Waals surface area contributed by atoms with Gasteiger partial charge in [-0.25, -0.2) is 4.79 Å². The lowest BCUT2D eigenvalue weighted by molar-refractivity contribution is -0.125. The molecule has 26 heavy (non-hydrogen) atoms. The molecule has 0 radical (unpaired) electrons. The van der Waals surface area contributed by atoms with Crippen LogP contribution in [0.4, 0.5) is 0 Å². The first-order chi connectivity index (χ1) is 12.5. The number of carbonyl (C=O) groups excluding carboxylic acids is 2. The highest BCUT2D eigenvalue weighted by atomic mass is 16.7. The van der Waals surface area contributed by atoms with E-state index in [0.717, 1.165) is 5.56 Å². The van der Waals surface area contributed by atoms with Crippen molar-refractivity contribution < 1.29 is 28.5 Å². The highest BCUT2D eigenvalue weighted by Gasteiger charge is 2.24. The maximum Gasteiger partial charge on any atom is 0.337 e. The van der Waals surface area contributed by atoms with Gasteiger partial charge in [0.1, 0.15) is 5.75 Å². The molecule has 1 heterocycles. The summed E-state index contributed by atoms with van der Waals surface area (Å²) < 4.78 is 21.2. The average molecular weight is 357 g/mol. The summed E-state index contributed by atoms with van der Waals surface area (Å²) in [4.78, 5) is 23.7. The first-order valence-electron chi connectivity index (χ1n) is 8.10. The minimum atomic E-state index is -1.00. The zero-order valence-electron chi connectivity index (χ0n) is 14.5. The first-order valence-corrected chi connectivity index (χ1v) is 8.10. The van der Waals surface area contributed by atoms with Gasteiger partial charge in [-0.05, 0) is 42.3 Å². The van der Waals surface area contributed by atoms with Crippen molar-refractivity contribution in [2.24, 2.45) is 5.73 Å². The fourth-order valence-electron chi connectivity index (χ4n) is 2.71. The van der Waals surface area contributed by atoms with Crippen molar-refractivity contribution in [2.75, 3.05) is 13.9 Å². The number of rotatable bonds is 6. The minimum absolute atomic E-state index is 0.135. The number of hydrogen-bond acceptors (Lipinski definition) is 6. The number of nitrogens with two attached hydrogens (primary N) is 1. The molecule has 0 aliphatic carbocycles. The van der Waals surface area contributed by atoms with Crippen LogP contribution in [0.3, 0.4) is 0 Å². The fourth-order valence-corrected chi connectivity index (χ4v) is 2.71. The third-order valence-corrected chi connectivity index (χ3v) is 4.07.